The van der Waals surface area contributed by atoms with Gasteiger partial charge in [0.1, 0.15) is 11.5 Å². The second-order valence-electron chi connectivity index (χ2n) is 11.5. The summed E-state index contributed by atoms with van der Waals surface area (Å²) in [4.78, 5) is 13.6. The van der Waals surface area contributed by atoms with Gasteiger partial charge in [-0.1, -0.05) is 32.0 Å². The highest BCUT2D eigenvalue weighted by Gasteiger charge is 2.34. The SMILES string of the molecule is COc1ccc(C(NCC(F)(F)F)C(C)C)c(N2CCC(COc3cccc(C(CC(=O)O)C4CC4)c3)CC2)c1. The quantitative estimate of drug-likeness (QED) is 0.280. The van der Waals surface area contributed by atoms with Gasteiger partial charge in [0.25, 0.3) is 0 Å². The molecule has 2 fully saturated rings. The number of ether oxygens (including phenoxy) is 2. The molecule has 2 N–H and O–H groups in total. The van der Waals surface area contributed by atoms with Crippen molar-refractivity contribution in [2.75, 3.05) is 38.3 Å². The van der Waals surface area contributed by atoms with Crippen LogP contribution in [-0.4, -0.2) is 50.6 Å². The van der Waals surface area contributed by atoms with Crippen LogP contribution in [0.4, 0.5) is 18.9 Å². The van der Waals surface area contributed by atoms with Crippen LogP contribution in [0.3, 0.4) is 0 Å². The first-order valence-electron chi connectivity index (χ1n) is 14.2. The molecule has 220 valence electrons. The minimum Gasteiger partial charge on any atom is -0.497 e. The number of rotatable bonds is 13. The van der Waals surface area contributed by atoms with Crippen molar-refractivity contribution in [2.24, 2.45) is 17.8 Å². The number of aliphatic carboxylic acids is 1. The van der Waals surface area contributed by atoms with Crippen molar-refractivity contribution in [1.82, 2.24) is 5.32 Å². The van der Waals surface area contributed by atoms with E-state index in [2.05, 4.69) is 10.2 Å². The highest BCUT2D eigenvalue weighted by molar-refractivity contribution is 5.68. The second kappa shape index (κ2) is 13.1. The van der Waals surface area contributed by atoms with Crippen molar-refractivity contribution in [1.29, 1.82) is 0 Å². The Balaban J connectivity index is 1.39. The molecular formula is C31H41F3N2O4. The van der Waals surface area contributed by atoms with E-state index in [0.717, 1.165) is 61.3 Å². The lowest BCUT2D eigenvalue weighted by atomic mass is 9.91. The normalized spacial score (nSPS) is 18.0. The van der Waals surface area contributed by atoms with Crippen molar-refractivity contribution >= 4 is 11.7 Å². The van der Waals surface area contributed by atoms with Crippen LogP contribution in [0.15, 0.2) is 42.5 Å². The minimum absolute atomic E-state index is 0.0293. The third-order valence-electron chi connectivity index (χ3n) is 8.07. The van der Waals surface area contributed by atoms with Gasteiger partial charge in [0.05, 0.1) is 26.7 Å². The maximum atomic E-state index is 13.0. The number of piperidine rings is 1. The third kappa shape index (κ3) is 8.29. The molecule has 9 heteroatoms. The van der Waals surface area contributed by atoms with E-state index in [1.54, 1.807) is 7.11 Å². The van der Waals surface area contributed by atoms with E-state index in [1.807, 2.05) is 56.3 Å². The number of methoxy groups -OCH3 is 1. The van der Waals surface area contributed by atoms with Crippen molar-refractivity contribution in [2.45, 2.75) is 64.1 Å². The Kier molecular flexibility index (Phi) is 9.87. The fraction of sp³-hybridized carbons (Fsp3) is 0.581. The molecule has 2 aromatic rings. The lowest BCUT2D eigenvalue weighted by Gasteiger charge is -2.37. The molecule has 2 atom stereocenters. The maximum Gasteiger partial charge on any atom is 0.401 e. The Morgan fingerprint density at radius 1 is 1.07 bits per heavy atom. The van der Waals surface area contributed by atoms with Crippen LogP contribution in [0.25, 0.3) is 0 Å². The van der Waals surface area contributed by atoms with Crippen LogP contribution < -0.4 is 19.7 Å². The predicted octanol–water partition coefficient (Wildman–Crippen LogP) is 6.81. The van der Waals surface area contributed by atoms with E-state index in [0.29, 0.717) is 24.2 Å². The van der Waals surface area contributed by atoms with Crippen LogP contribution in [0.1, 0.15) is 69.0 Å². The van der Waals surface area contributed by atoms with E-state index in [-0.39, 0.29) is 18.3 Å². The van der Waals surface area contributed by atoms with Crippen LogP contribution in [0.2, 0.25) is 0 Å². The Hall–Kier alpha value is -2.94. The molecule has 4 rings (SSSR count). The Morgan fingerprint density at radius 3 is 2.40 bits per heavy atom. The highest BCUT2D eigenvalue weighted by atomic mass is 19.4. The lowest BCUT2D eigenvalue weighted by Crippen LogP contribution is -2.38. The number of nitrogens with zero attached hydrogens (tertiary/aromatic N) is 1. The second-order valence-corrected chi connectivity index (χ2v) is 11.5. The van der Waals surface area contributed by atoms with E-state index in [9.17, 15) is 23.1 Å². The fourth-order valence-electron chi connectivity index (χ4n) is 5.75. The predicted molar refractivity (Wildman–Crippen MR) is 149 cm³/mol. The third-order valence-corrected chi connectivity index (χ3v) is 8.07. The van der Waals surface area contributed by atoms with Crippen LogP contribution in [0.5, 0.6) is 11.5 Å². The molecular weight excluding hydrogens is 521 g/mol. The van der Waals surface area contributed by atoms with Gasteiger partial charge in [-0.15, -0.1) is 0 Å². The largest absolute Gasteiger partial charge is 0.497 e. The summed E-state index contributed by atoms with van der Waals surface area (Å²) < 4.78 is 50.7. The summed E-state index contributed by atoms with van der Waals surface area (Å²) in [7, 11) is 1.59. The lowest BCUT2D eigenvalue weighted by molar-refractivity contribution is -0.137. The molecule has 0 bridgehead atoms. The average Bonchev–Trinajstić information content (AvgIpc) is 3.76. The molecule has 2 aromatic carbocycles. The molecule has 1 heterocycles. The van der Waals surface area contributed by atoms with Gasteiger partial charge in [0.2, 0.25) is 0 Å². The smallest absolute Gasteiger partial charge is 0.401 e. The van der Waals surface area contributed by atoms with Gasteiger partial charge in [0.15, 0.2) is 0 Å². The van der Waals surface area contributed by atoms with Crippen molar-refractivity contribution in [3.63, 3.8) is 0 Å². The molecule has 0 aromatic heterocycles. The first-order chi connectivity index (χ1) is 19.0. The summed E-state index contributed by atoms with van der Waals surface area (Å²) in [5.74, 6) is 1.45. The van der Waals surface area contributed by atoms with Gasteiger partial charge < -0.3 is 24.8 Å². The maximum absolute atomic E-state index is 13.0. The van der Waals surface area contributed by atoms with Gasteiger partial charge in [-0.25, -0.2) is 0 Å². The van der Waals surface area contributed by atoms with Gasteiger partial charge in [-0.3, -0.25) is 4.79 Å². The summed E-state index contributed by atoms with van der Waals surface area (Å²) in [5.41, 5.74) is 2.78. The van der Waals surface area contributed by atoms with E-state index >= 15 is 0 Å². The number of carboxylic acids is 1. The molecule has 1 aliphatic carbocycles. The van der Waals surface area contributed by atoms with Crippen LogP contribution in [0, 0.1) is 17.8 Å². The highest BCUT2D eigenvalue weighted by Crippen LogP contribution is 2.45. The molecule has 1 saturated heterocycles. The number of halogens is 3. The minimum atomic E-state index is -4.29. The molecule has 0 radical (unpaired) electrons. The molecule has 2 unspecified atom stereocenters. The number of hydrogen-bond acceptors (Lipinski definition) is 5. The topological polar surface area (TPSA) is 71.0 Å². The van der Waals surface area contributed by atoms with Gasteiger partial charge in [-0.2, -0.15) is 13.2 Å². The first kappa shape index (κ1) is 30.0. The zero-order chi connectivity index (χ0) is 28.9. The van der Waals surface area contributed by atoms with E-state index in [1.165, 1.54) is 0 Å². The molecule has 1 aliphatic heterocycles. The number of carboxylic acid groups (broad SMARTS) is 1. The molecule has 0 spiro atoms. The number of alkyl halides is 3. The van der Waals surface area contributed by atoms with Gasteiger partial charge in [0, 0.05) is 30.9 Å². The Morgan fingerprint density at radius 2 is 1.80 bits per heavy atom. The van der Waals surface area contributed by atoms with Gasteiger partial charge >= 0.3 is 12.1 Å². The van der Waals surface area contributed by atoms with Crippen LogP contribution in [-0.2, 0) is 4.79 Å². The number of benzene rings is 2. The summed E-state index contributed by atoms with van der Waals surface area (Å²) in [6.45, 7) is 4.91. The molecule has 40 heavy (non-hydrogen) atoms. The van der Waals surface area contributed by atoms with Crippen molar-refractivity contribution < 1.29 is 32.5 Å². The van der Waals surface area contributed by atoms with Crippen molar-refractivity contribution in [3.05, 3.63) is 53.6 Å². The molecule has 6 nitrogen and oxygen atoms in total. The molecule has 1 saturated carbocycles. The number of nitrogens with one attached hydrogen (secondary N) is 1. The average molecular weight is 563 g/mol. The molecule has 0 amide bonds. The Labute approximate surface area is 234 Å². The zero-order valence-corrected chi connectivity index (χ0v) is 23.5. The van der Waals surface area contributed by atoms with E-state index < -0.39 is 24.7 Å². The first-order valence-corrected chi connectivity index (χ1v) is 14.2. The molecule has 2 aliphatic rings. The summed E-state index contributed by atoms with van der Waals surface area (Å²) in [5, 5.41) is 12.1. The fourth-order valence-corrected chi connectivity index (χ4v) is 5.75. The number of anilines is 1. The van der Waals surface area contributed by atoms with Crippen molar-refractivity contribution in [3.8, 4) is 11.5 Å². The number of carbonyl (C=O) groups is 1. The van der Waals surface area contributed by atoms with E-state index in [4.69, 9.17) is 9.47 Å². The standard InChI is InChI=1S/C31H41F3N2O4/c1-20(2)30(35-19-31(32,33)34)26-10-9-24(39-3)16-28(26)36-13-11-21(12-14-36)18-40-25-6-4-5-23(15-25)27(17-29(37)38)22-7-8-22/h4-6,9-10,15-16,20-22,27,30,35H,7-8,11-14,17-19H2,1-3H3,(H,37,38). The number of hydrogen-bond donors (Lipinski definition) is 2. The zero-order valence-electron chi connectivity index (χ0n) is 23.5. The Bertz CT molecular complexity index is 1130. The summed E-state index contributed by atoms with van der Waals surface area (Å²) in [6.07, 6.45) is -0.209. The van der Waals surface area contributed by atoms with Gasteiger partial charge in [-0.05, 0) is 78.7 Å². The van der Waals surface area contributed by atoms with Crippen LogP contribution >= 0.6 is 0 Å². The summed E-state index contributed by atoms with van der Waals surface area (Å²) in [6, 6.07) is 13.0. The summed E-state index contributed by atoms with van der Waals surface area (Å²) >= 11 is 0. The monoisotopic (exact) mass is 562 g/mol.